The van der Waals surface area contributed by atoms with E-state index in [1.807, 2.05) is 0 Å². The van der Waals surface area contributed by atoms with Crippen LogP contribution in [0.15, 0.2) is 42.5 Å². The first-order valence-corrected chi connectivity index (χ1v) is 10.8. The van der Waals surface area contributed by atoms with Crippen molar-refractivity contribution in [2.75, 3.05) is 23.8 Å². The van der Waals surface area contributed by atoms with Gasteiger partial charge in [-0.05, 0) is 50.1 Å². The third-order valence-corrected chi connectivity index (χ3v) is 5.29. The summed E-state index contributed by atoms with van der Waals surface area (Å²) in [5, 5.41) is 19.7. The maximum absolute atomic E-state index is 12.9. The van der Waals surface area contributed by atoms with Gasteiger partial charge in [0.05, 0.1) is 34.9 Å². The number of nitro groups is 1. The molecule has 174 valence electrons. The molecule has 1 aliphatic carbocycles. The quantitative estimate of drug-likeness (QED) is 0.299. The van der Waals surface area contributed by atoms with Crippen molar-refractivity contribution >= 4 is 34.8 Å². The van der Waals surface area contributed by atoms with Crippen LogP contribution >= 0.6 is 0 Å². The molecule has 10 nitrogen and oxygen atoms in total. The minimum absolute atomic E-state index is 0.0483. The highest BCUT2D eigenvalue weighted by atomic mass is 16.6. The Labute approximate surface area is 190 Å². The predicted molar refractivity (Wildman–Crippen MR) is 122 cm³/mol. The monoisotopic (exact) mass is 454 g/mol. The van der Waals surface area contributed by atoms with Gasteiger partial charge < -0.3 is 20.7 Å². The zero-order valence-electron chi connectivity index (χ0n) is 18.3. The number of esters is 1. The van der Waals surface area contributed by atoms with E-state index in [1.165, 1.54) is 36.4 Å². The molecule has 2 aromatic rings. The van der Waals surface area contributed by atoms with Crippen LogP contribution in [-0.4, -0.2) is 41.9 Å². The van der Waals surface area contributed by atoms with E-state index in [1.54, 1.807) is 6.92 Å². The minimum Gasteiger partial charge on any atom is -0.462 e. The number of anilines is 2. The van der Waals surface area contributed by atoms with E-state index in [0.717, 1.165) is 31.7 Å². The number of nitrogens with one attached hydrogen (secondary N) is 3. The molecule has 2 amide bonds. The van der Waals surface area contributed by atoms with E-state index in [2.05, 4.69) is 16.0 Å². The highest BCUT2D eigenvalue weighted by Gasteiger charge is 2.20. The number of carbonyl (C=O) groups is 3. The van der Waals surface area contributed by atoms with Crippen molar-refractivity contribution in [1.82, 2.24) is 5.32 Å². The Hall–Kier alpha value is -3.79. The van der Waals surface area contributed by atoms with Crippen LogP contribution in [-0.2, 0) is 9.53 Å². The molecule has 2 aromatic carbocycles. The average Bonchev–Trinajstić information content (AvgIpc) is 3.32. The summed E-state index contributed by atoms with van der Waals surface area (Å²) >= 11 is 0. The lowest BCUT2D eigenvalue weighted by molar-refractivity contribution is -0.384. The van der Waals surface area contributed by atoms with Gasteiger partial charge in [0, 0.05) is 23.9 Å². The topological polar surface area (TPSA) is 140 Å². The summed E-state index contributed by atoms with van der Waals surface area (Å²) in [4.78, 5) is 47.6. The number of amides is 2. The summed E-state index contributed by atoms with van der Waals surface area (Å²) in [6, 6.07) is 10.0. The maximum Gasteiger partial charge on any atom is 0.338 e. The molecule has 0 aliphatic heterocycles. The van der Waals surface area contributed by atoms with E-state index < -0.39 is 16.8 Å². The van der Waals surface area contributed by atoms with E-state index in [-0.39, 0.29) is 36.0 Å². The van der Waals surface area contributed by atoms with Crippen LogP contribution in [0.25, 0.3) is 0 Å². The van der Waals surface area contributed by atoms with Gasteiger partial charge >= 0.3 is 5.97 Å². The largest absolute Gasteiger partial charge is 0.462 e. The molecule has 1 fully saturated rings. The number of ether oxygens (including phenoxy) is 1. The lowest BCUT2D eigenvalue weighted by Gasteiger charge is -2.14. The zero-order chi connectivity index (χ0) is 23.8. The molecule has 0 aromatic heterocycles. The highest BCUT2D eigenvalue weighted by molar-refractivity contribution is 6.10. The van der Waals surface area contributed by atoms with Crippen LogP contribution in [0, 0.1) is 10.1 Å². The maximum atomic E-state index is 12.9. The van der Waals surface area contributed by atoms with Gasteiger partial charge in [0.1, 0.15) is 0 Å². The molecule has 0 bridgehead atoms. The predicted octanol–water partition coefficient (Wildman–Crippen LogP) is 3.49. The lowest BCUT2D eigenvalue weighted by atomic mass is 10.1. The molecule has 10 heteroatoms. The first kappa shape index (κ1) is 23.9. The van der Waals surface area contributed by atoms with Gasteiger partial charge in [-0.15, -0.1) is 0 Å². The Morgan fingerprint density at radius 3 is 2.39 bits per heavy atom. The smallest absolute Gasteiger partial charge is 0.338 e. The minimum atomic E-state index is -0.637. The van der Waals surface area contributed by atoms with Crippen LogP contribution in [0.2, 0.25) is 0 Å². The number of nitro benzene ring substituents is 1. The number of hydrogen-bond donors (Lipinski definition) is 3. The van der Waals surface area contributed by atoms with E-state index >= 15 is 0 Å². The van der Waals surface area contributed by atoms with Gasteiger partial charge in [-0.1, -0.05) is 12.8 Å². The SMILES string of the molecule is CCOC(=O)c1ccc(NC(=O)c2cc([N+](=O)[O-])ccc2NC(=O)CNC2CCCC2)cc1. The van der Waals surface area contributed by atoms with Crippen molar-refractivity contribution in [2.45, 2.75) is 38.6 Å². The van der Waals surface area contributed by atoms with Crippen molar-refractivity contribution in [3.8, 4) is 0 Å². The van der Waals surface area contributed by atoms with Crippen LogP contribution in [0.4, 0.5) is 17.1 Å². The first-order chi connectivity index (χ1) is 15.9. The molecule has 0 saturated heterocycles. The molecule has 1 saturated carbocycles. The van der Waals surface area contributed by atoms with Gasteiger partial charge in [0.25, 0.3) is 11.6 Å². The standard InChI is InChI=1S/C23H26N4O6/c1-2-33-23(30)15-7-9-17(10-8-15)25-22(29)19-13-18(27(31)32)11-12-20(19)26-21(28)14-24-16-5-3-4-6-16/h7-13,16,24H,2-6,14H2,1H3,(H,25,29)(H,26,28). The van der Waals surface area contributed by atoms with E-state index in [0.29, 0.717) is 17.3 Å². The zero-order valence-corrected chi connectivity index (χ0v) is 18.3. The third-order valence-electron chi connectivity index (χ3n) is 5.29. The molecular weight excluding hydrogens is 428 g/mol. The van der Waals surface area contributed by atoms with Crippen molar-refractivity contribution in [1.29, 1.82) is 0 Å². The average molecular weight is 454 g/mol. The van der Waals surface area contributed by atoms with Gasteiger partial charge in [0.15, 0.2) is 0 Å². The number of hydrogen-bond acceptors (Lipinski definition) is 7. The van der Waals surface area contributed by atoms with Gasteiger partial charge in [0.2, 0.25) is 5.91 Å². The molecule has 1 aliphatic rings. The number of carbonyl (C=O) groups excluding carboxylic acids is 3. The van der Waals surface area contributed by atoms with Crippen LogP contribution < -0.4 is 16.0 Å². The Morgan fingerprint density at radius 2 is 1.76 bits per heavy atom. The molecular formula is C23H26N4O6. The molecule has 0 heterocycles. The Morgan fingerprint density at radius 1 is 1.06 bits per heavy atom. The fourth-order valence-electron chi connectivity index (χ4n) is 3.61. The number of nitrogens with zero attached hydrogens (tertiary/aromatic N) is 1. The molecule has 3 N–H and O–H groups in total. The number of benzene rings is 2. The molecule has 0 unspecified atom stereocenters. The Balaban J connectivity index is 1.72. The van der Waals surface area contributed by atoms with Crippen LogP contribution in [0.5, 0.6) is 0 Å². The van der Waals surface area contributed by atoms with Crippen LogP contribution in [0.1, 0.15) is 53.3 Å². The van der Waals surface area contributed by atoms with Crippen molar-refractivity contribution < 1.29 is 24.0 Å². The van der Waals surface area contributed by atoms with Gasteiger partial charge in [-0.2, -0.15) is 0 Å². The van der Waals surface area contributed by atoms with Gasteiger partial charge in [-0.3, -0.25) is 19.7 Å². The molecule has 0 radical (unpaired) electrons. The summed E-state index contributed by atoms with van der Waals surface area (Å²) in [6.45, 7) is 2.03. The van der Waals surface area contributed by atoms with E-state index in [4.69, 9.17) is 4.74 Å². The fraction of sp³-hybridized carbons (Fsp3) is 0.348. The summed E-state index contributed by atoms with van der Waals surface area (Å²) in [5.74, 6) is -1.46. The second kappa shape index (κ2) is 11.2. The second-order valence-corrected chi connectivity index (χ2v) is 7.65. The van der Waals surface area contributed by atoms with Crippen molar-refractivity contribution in [2.24, 2.45) is 0 Å². The summed E-state index contributed by atoms with van der Waals surface area (Å²) in [5.41, 5.74) is 0.542. The summed E-state index contributed by atoms with van der Waals surface area (Å²) in [7, 11) is 0. The number of rotatable bonds is 9. The molecule has 0 spiro atoms. The molecule has 33 heavy (non-hydrogen) atoms. The Kier molecular flexibility index (Phi) is 8.09. The summed E-state index contributed by atoms with van der Waals surface area (Å²) in [6.07, 6.45) is 4.31. The molecule has 3 rings (SSSR count). The fourth-order valence-corrected chi connectivity index (χ4v) is 3.61. The van der Waals surface area contributed by atoms with Crippen molar-refractivity contribution in [3.05, 3.63) is 63.7 Å². The van der Waals surface area contributed by atoms with Crippen LogP contribution in [0.3, 0.4) is 0 Å². The highest BCUT2D eigenvalue weighted by Crippen LogP contribution is 2.24. The second-order valence-electron chi connectivity index (χ2n) is 7.65. The normalized spacial score (nSPS) is 13.4. The number of non-ortho nitro benzene ring substituents is 1. The molecule has 0 atom stereocenters. The van der Waals surface area contributed by atoms with Crippen molar-refractivity contribution in [3.63, 3.8) is 0 Å². The lowest BCUT2D eigenvalue weighted by Crippen LogP contribution is -2.34. The Bertz CT molecular complexity index is 1030. The third kappa shape index (κ3) is 6.59. The van der Waals surface area contributed by atoms with Gasteiger partial charge in [-0.25, -0.2) is 4.79 Å². The first-order valence-electron chi connectivity index (χ1n) is 10.8. The summed E-state index contributed by atoms with van der Waals surface area (Å²) < 4.78 is 4.92. The van der Waals surface area contributed by atoms with E-state index in [9.17, 15) is 24.5 Å².